The molecule has 1 aromatic carbocycles. The summed E-state index contributed by atoms with van der Waals surface area (Å²) < 4.78 is 1.17. The third-order valence-corrected chi connectivity index (χ3v) is 3.82. The van der Waals surface area contributed by atoms with Crippen molar-refractivity contribution >= 4 is 26.8 Å². The van der Waals surface area contributed by atoms with Gasteiger partial charge in [-0.2, -0.15) is 0 Å². The van der Waals surface area contributed by atoms with E-state index in [0.717, 1.165) is 12.8 Å². The van der Waals surface area contributed by atoms with Crippen LogP contribution in [0.2, 0.25) is 0 Å². The molecule has 0 amide bonds. The average molecular weight is 307 g/mol. The number of halogens is 1. The fourth-order valence-corrected chi connectivity index (χ4v) is 2.58. The molecule has 3 N–H and O–H groups in total. The monoisotopic (exact) mass is 306 g/mol. The number of H-pyrrole nitrogens is 1. The van der Waals surface area contributed by atoms with Gasteiger partial charge in [-0.3, -0.25) is 0 Å². The number of hydrogen-bond donors (Lipinski definition) is 2. The van der Waals surface area contributed by atoms with Crippen molar-refractivity contribution in [3.63, 3.8) is 0 Å². The SMILES string of the molecule is CC(C)=CCc1cc2[nH]cc(CCN)c2cc1Br. The number of allylic oxidation sites excluding steroid dienone is 2. The van der Waals surface area contributed by atoms with Crippen molar-refractivity contribution in [2.45, 2.75) is 26.7 Å². The molecule has 0 saturated carbocycles. The molecule has 3 heteroatoms. The average Bonchev–Trinajstić information content (AvgIpc) is 2.69. The highest BCUT2D eigenvalue weighted by atomic mass is 79.9. The van der Waals surface area contributed by atoms with Crippen molar-refractivity contribution in [3.8, 4) is 0 Å². The van der Waals surface area contributed by atoms with Gasteiger partial charge in [0.1, 0.15) is 0 Å². The molecule has 2 aromatic rings. The Balaban J connectivity index is 2.41. The Hall–Kier alpha value is -1.06. The topological polar surface area (TPSA) is 41.8 Å². The lowest BCUT2D eigenvalue weighted by Crippen LogP contribution is -2.01. The lowest BCUT2D eigenvalue weighted by Gasteiger charge is -2.04. The Labute approximate surface area is 116 Å². The molecule has 0 fully saturated rings. The number of fused-ring (bicyclic) bond motifs is 1. The van der Waals surface area contributed by atoms with E-state index in [0.29, 0.717) is 6.54 Å². The highest BCUT2D eigenvalue weighted by Crippen LogP contribution is 2.27. The minimum Gasteiger partial charge on any atom is -0.361 e. The molecular weight excluding hydrogens is 288 g/mol. The maximum atomic E-state index is 5.63. The standard InChI is InChI=1S/C15H19BrN2/c1-10(2)3-4-11-7-15-13(8-14(11)16)12(5-6-17)9-18-15/h3,7-9,18H,4-6,17H2,1-2H3. The van der Waals surface area contributed by atoms with Gasteiger partial charge in [0.2, 0.25) is 0 Å². The number of hydrogen-bond acceptors (Lipinski definition) is 1. The zero-order valence-electron chi connectivity index (χ0n) is 10.9. The van der Waals surface area contributed by atoms with Gasteiger partial charge in [-0.25, -0.2) is 0 Å². The molecule has 0 unspecified atom stereocenters. The van der Waals surface area contributed by atoms with E-state index in [4.69, 9.17) is 5.73 Å². The van der Waals surface area contributed by atoms with Gasteiger partial charge in [0.05, 0.1) is 0 Å². The lowest BCUT2D eigenvalue weighted by atomic mass is 10.1. The van der Waals surface area contributed by atoms with Crippen LogP contribution in [-0.2, 0) is 12.8 Å². The van der Waals surface area contributed by atoms with E-state index >= 15 is 0 Å². The van der Waals surface area contributed by atoms with Crippen LogP contribution in [-0.4, -0.2) is 11.5 Å². The number of aromatic nitrogens is 1. The van der Waals surface area contributed by atoms with Crippen LogP contribution in [0.1, 0.15) is 25.0 Å². The van der Waals surface area contributed by atoms with Gasteiger partial charge in [-0.05, 0) is 56.5 Å². The molecular formula is C15H19BrN2. The Morgan fingerprint density at radius 2 is 2.11 bits per heavy atom. The van der Waals surface area contributed by atoms with Gasteiger partial charge in [0.15, 0.2) is 0 Å². The maximum absolute atomic E-state index is 5.63. The fraction of sp³-hybridized carbons (Fsp3) is 0.333. The summed E-state index contributed by atoms with van der Waals surface area (Å²) in [5.41, 5.74) is 10.8. The maximum Gasteiger partial charge on any atom is 0.0460 e. The van der Waals surface area contributed by atoms with Gasteiger partial charge >= 0.3 is 0 Å². The summed E-state index contributed by atoms with van der Waals surface area (Å²) in [5.74, 6) is 0. The van der Waals surface area contributed by atoms with E-state index in [1.807, 2.05) is 0 Å². The van der Waals surface area contributed by atoms with Gasteiger partial charge in [0.25, 0.3) is 0 Å². The molecule has 96 valence electrons. The first-order chi connectivity index (χ1) is 8.61. The summed E-state index contributed by atoms with van der Waals surface area (Å²) in [6.45, 7) is 4.94. The normalized spacial score (nSPS) is 10.9. The molecule has 0 atom stereocenters. The highest BCUT2D eigenvalue weighted by Gasteiger charge is 2.07. The van der Waals surface area contributed by atoms with Crippen LogP contribution in [0.15, 0.2) is 34.5 Å². The second-order valence-electron chi connectivity index (χ2n) is 4.83. The van der Waals surface area contributed by atoms with Gasteiger partial charge in [0, 0.05) is 21.6 Å². The molecule has 0 bridgehead atoms. The number of nitrogens with two attached hydrogens (primary N) is 1. The summed E-state index contributed by atoms with van der Waals surface area (Å²) in [7, 11) is 0. The Morgan fingerprint density at radius 3 is 2.78 bits per heavy atom. The summed E-state index contributed by atoms with van der Waals surface area (Å²) in [6.07, 6.45) is 6.19. The third-order valence-electron chi connectivity index (χ3n) is 3.08. The molecule has 0 aliphatic heterocycles. The Bertz CT molecular complexity index is 577. The first-order valence-electron chi connectivity index (χ1n) is 6.23. The molecule has 0 saturated heterocycles. The smallest absolute Gasteiger partial charge is 0.0460 e. The zero-order chi connectivity index (χ0) is 13.1. The van der Waals surface area contributed by atoms with E-state index in [-0.39, 0.29) is 0 Å². The van der Waals surface area contributed by atoms with E-state index in [2.05, 4.69) is 59.2 Å². The van der Waals surface area contributed by atoms with Gasteiger partial charge in [-0.15, -0.1) is 0 Å². The van der Waals surface area contributed by atoms with Crippen molar-refractivity contribution in [1.82, 2.24) is 4.98 Å². The number of rotatable bonds is 4. The van der Waals surface area contributed by atoms with Crippen molar-refractivity contribution in [2.24, 2.45) is 5.73 Å². The molecule has 1 heterocycles. The van der Waals surface area contributed by atoms with Crippen molar-refractivity contribution in [1.29, 1.82) is 0 Å². The van der Waals surface area contributed by atoms with Gasteiger partial charge in [-0.1, -0.05) is 27.6 Å². The van der Waals surface area contributed by atoms with E-state index in [9.17, 15) is 0 Å². The fourth-order valence-electron chi connectivity index (χ4n) is 2.08. The Morgan fingerprint density at radius 1 is 1.33 bits per heavy atom. The molecule has 0 radical (unpaired) electrons. The van der Waals surface area contributed by atoms with E-state index in [1.165, 1.54) is 32.1 Å². The van der Waals surface area contributed by atoms with Crippen LogP contribution in [0.4, 0.5) is 0 Å². The molecule has 0 spiro atoms. The highest BCUT2D eigenvalue weighted by molar-refractivity contribution is 9.10. The number of nitrogens with one attached hydrogen (secondary N) is 1. The van der Waals surface area contributed by atoms with E-state index in [1.54, 1.807) is 0 Å². The van der Waals surface area contributed by atoms with Crippen molar-refractivity contribution in [2.75, 3.05) is 6.54 Å². The molecule has 0 aliphatic rings. The molecule has 1 aromatic heterocycles. The quantitative estimate of drug-likeness (QED) is 0.825. The number of benzene rings is 1. The van der Waals surface area contributed by atoms with Crippen LogP contribution in [0.3, 0.4) is 0 Å². The summed E-state index contributed by atoms with van der Waals surface area (Å²) >= 11 is 3.66. The summed E-state index contributed by atoms with van der Waals surface area (Å²) in [6, 6.07) is 4.42. The third kappa shape index (κ3) is 2.85. The second-order valence-corrected chi connectivity index (χ2v) is 5.68. The number of aromatic amines is 1. The van der Waals surface area contributed by atoms with E-state index < -0.39 is 0 Å². The Kier molecular flexibility index (Phi) is 4.25. The molecule has 0 aliphatic carbocycles. The molecule has 2 rings (SSSR count). The summed E-state index contributed by atoms with van der Waals surface area (Å²) in [4.78, 5) is 3.33. The van der Waals surface area contributed by atoms with Crippen LogP contribution in [0.25, 0.3) is 10.9 Å². The second kappa shape index (κ2) is 5.72. The molecule has 2 nitrogen and oxygen atoms in total. The summed E-state index contributed by atoms with van der Waals surface area (Å²) in [5, 5.41) is 1.27. The zero-order valence-corrected chi connectivity index (χ0v) is 12.5. The predicted molar refractivity (Wildman–Crippen MR) is 81.9 cm³/mol. The first kappa shape index (κ1) is 13.4. The van der Waals surface area contributed by atoms with Crippen LogP contribution in [0.5, 0.6) is 0 Å². The lowest BCUT2D eigenvalue weighted by molar-refractivity contribution is 0.976. The minimum absolute atomic E-state index is 0.685. The first-order valence-corrected chi connectivity index (χ1v) is 7.03. The van der Waals surface area contributed by atoms with Crippen molar-refractivity contribution < 1.29 is 0 Å². The van der Waals surface area contributed by atoms with Crippen LogP contribution < -0.4 is 5.73 Å². The van der Waals surface area contributed by atoms with Crippen molar-refractivity contribution in [3.05, 3.63) is 45.6 Å². The van der Waals surface area contributed by atoms with Crippen LogP contribution in [0, 0.1) is 0 Å². The minimum atomic E-state index is 0.685. The molecule has 18 heavy (non-hydrogen) atoms. The largest absolute Gasteiger partial charge is 0.361 e. The van der Waals surface area contributed by atoms with Crippen LogP contribution >= 0.6 is 15.9 Å². The predicted octanol–water partition coefficient (Wildman–Crippen LogP) is 3.94. The van der Waals surface area contributed by atoms with Gasteiger partial charge < -0.3 is 10.7 Å².